The summed E-state index contributed by atoms with van der Waals surface area (Å²) in [4.78, 5) is 2.49. The molecule has 4 nitrogen and oxygen atoms in total. The lowest BCUT2D eigenvalue weighted by molar-refractivity contribution is 0.237. The lowest BCUT2D eigenvalue weighted by atomic mass is 9.95. The van der Waals surface area contributed by atoms with E-state index in [0.29, 0.717) is 12.1 Å². The minimum atomic E-state index is 0.340. The zero-order valence-electron chi connectivity index (χ0n) is 15.4. The largest absolute Gasteiger partial charge is 0.364 e. The molecule has 0 atom stereocenters. The standard InChI is InChI=1S/C21H26N4/c1-14(2)24-13-16-9-5-6-10-17(16)20-21(25(15(3)4)23-22-20)18-11-7-8-12-19(18)24/h5-12,14-15,22-23H,13H2,1-4H3. The number of hydrogen-bond acceptors (Lipinski definition) is 4. The van der Waals surface area contributed by atoms with Gasteiger partial charge in [0.15, 0.2) is 0 Å². The van der Waals surface area contributed by atoms with Gasteiger partial charge in [-0.3, -0.25) is 5.01 Å². The summed E-state index contributed by atoms with van der Waals surface area (Å²) in [5, 5.41) is 2.23. The molecule has 2 aromatic rings. The number of hydrogen-bond donors (Lipinski definition) is 2. The Kier molecular flexibility index (Phi) is 3.92. The van der Waals surface area contributed by atoms with Crippen LogP contribution in [0.2, 0.25) is 0 Å². The maximum atomic E-state index is 3.44. The quantitative estimate of drug-likeness (QED) is 0.870. The van der Waals surface area contributed by atoms with Crippen LogP contribution >= 0.6 is 0 Å². The van der Waals surface area contributed by atoms with Crippen LogP contribution in [0.1, 0.15) is 44.4 Å². The molecule has 0 bridgehead atoms. The van der Waals surface area contributed by atoms with Crippen LogP contribution in [0.5, 0.6) is 0 Å². The predicted molar refractivity (Wildman–Crippen MR) is 104 cm³/mol. The Morgan fingerprint density at radius 1 is 0.840 bits per heavy atom. The van der Waals surface area contributed by atoms with Crippen molar-refractivity contribution in [1.29, 1.82) is 0 Å². The maximum absolute atomic E-state index is 3.44. The number of nitrogens with one attached hydrogen (secondary N) is 2. The minimum Gasteiger partial charge on any atom is -0.364 e. The molecule has 4 heteroatoms. The van der Waals surface area contributed by atoms with Crippen LogP contribution in [0, 0.1) is 0 Å². The fourth-order valence-corrected chi connectivity index (χ4v) is 3.75. The number of anilines is 1. The average molecular weight is 334 g/mol. The predicted octanol–water partition coefficient (Wildman–Crippen LogP) is 3.97. The number of benzene rings is 2. The van der Waals surface area contributed by atoms with E-state index >= 15 is 0 Å². The second-order valence-electron chi connectivity index (χ2n) is 7.32. The number of hydrazine groups is 2. The van der Waals surface area contributed by atoms with Crippen molar-refractivity contribution in [3.63, 3.8) is 0 Å². The highest BCUT2D eigenvalue weighted by molar-refractivity contribution is 5.95. The summed E-state index contributed by atoms with van der Waals surface area (Å²) in [6, 6.07) is 18.2. The molecule has 0 saturated carbocycles. The summed E-state index contributed by atoms with van der Waals surface area (Å²) in [5.74, 6) is 0. The third-order valence-electron chi connectivity index (χ3n) is 5.01. The molecule has 25 heavy (non-hydrogen) atoms. The van der Waals surface area contributed by atoms with Crippen molar-refractivity contribution in [3.8, 4) is 0 Å². The molecule has 2 aliphatic rings. The topological polar surface area (TPSA) is 30.5 Å². The normalized spacial score (nSPS) is 16.4. The average Bonchev–Trinajstić information content (AvgIpc) is 3.03. The van der Waals surface area contributed by atoms with Gasteiger partial charge in [-0.2, -0.15) is 0 Å². The van der Waals surface area contributed by atoms with Crippen LogP contribution in [-0.4, -0.2) is 17.1 Å². The molecule has 2 aliphatic heterocycles. The van der Waals surface area contributed by atoms with E-state index in [1.165, 1.54) is 33.8 Å². The zero-order valence-corrected chi connectivity index (χ0v) is 15.4. The Balaban J connectivity index is 2.03. The molecule has 0 unspecified atom stereocenters. The van der Waals surface area contributed by atoms with Crippen molar-refractivity contribution in [2.75, 3.05) is 4.90 Å². The highest BCUT2D eigenvalue weighted by atomic mass is 15.7. The van der Waals surface area contributed by atoms with Crippen molar-refractivity contribution in [3.05, 3.63) is 65.2 Å². The van der Waals surface area contributed by atoms with Gasteiger partial charge in [-0.15, -0.1) is 5.53 Å². The molecule has 130 valence electrons. The monoisotopic (exact) mass is 334 g/mol. The van der Waals surface area contributed by atoms with Crippen LogP contribution in [0.3, 0.4) is 0 Å². The van der Waals surface area contributed by atoms with Gasteiger partial charge in [-0.25, -0.2) is 0 Å². The van der Waals surface area contributed by atoms with Crippen molar-refractivity contribution < 1.29 is 0 Å². The van der Waals surface area contributed by atoms with Gasteiger partial charge in [0.05, 0.1) is 11.4 Å². The third kappa shape index (κ3) is 2.57. The van der Waals surface area contributed by atoms with Gasteiger partial charge in [0, 0.05) is 35.4 Å². The van der Waals surface area contributed by atoms with Crippen LogP contribution in [0.15, 0.2) is 48.5 Å². The van der Waals surface area contributed by atoms with Gasteiger partial charge >= 0.3 is 0 Å². The molecule has 2 heterocycles. The molecule has 0 fully saturated rings. The summed E-state index contributed by atoms with van der Waals surface area (Å²) >= 11 is 0. The molecule has 0 amide bonds. The lowest BCUT2D eigenvalue weighted by Crippen LogP contribution is -2.41. The molecule has 2 aromatic carbocycles. The van der Waals surface area contributed by atoms with Crippen molar-refractivity contribution in [2.45, 2.75) is 46.3 Å². The van der Waals surface area contributed by atoms with E-state index in [1.54, 1.807) is 0 Å². The van der Waals surface area contributed by atoms with E-state index in [-0.39, 0.29) is 0 Å². The second kappa shape index (κ2) is 6.12. The third-order valence-corrected chi connectivity index (χ3v) is 5.01. The molecular formula is C21H26N4. The first-order valence-electron chi connectivity index (χ1n) is 9.07. The zero-order chi connectivity index (χ0) is 17.6. The van der Waals surface area contributed by atoms with Gasteiger partial charge in [0.2, 0.25) is 0 Å². The van der Waals surface area contributed by atoms with Gasteiger partial charge in [0.1, 0.15) is 0 Å². The molecule has 0 spiro atoms. The van der Waals surface area contributed by atoms with Crippen molar-refractivity contribution in [2.24, 2.45) is 0 Å². The van der Waals surface area contributed by atoms with Crippen LogP contribution < -0.4 is 15.9 Å². The fourth-order valence-electron chi connectivity index (χ4n) is 3.75. The maximum Gasteiger partial charge on any atom is 0.0885 e. The van der Waals surface area contributed by atoms with E-state index in [2.05, 4.69) is 97.1 Å². The number of rotatable bonds is 2. The summed E-state index contributed by atoms with van der Waals surface area (Å²) in [5.41, 5.74) is 14.4. The summed E-state index contributed by atoms with van der Waals surface area (Å²) in [6.45, 7) is 9.85. The van der Waals surface area contributed by atoms with Crippen LogP contribution in [0.4, 0.5) is 5.69 Å². The molecule has 4 rings (SSSR count). The fraction of sp³-hybridized carbons (Fsp3) is 0.333. The van der Waals surface area contributed by atoms with Crippen molar-refractivity contribution >= 4 is 17.1 Å². The molecule has 0 aliphatic carbocycles. The number of para-hydroxylation sites is 1. The Morgan fingerprint density at radius 3 is 2.24 bits per heavy atom. The Labute approximate surface area is 150 Å². The van der Waals surface area contributed by atoms with Gasteiger partial charge in [-0.1, -0.05) is 42.5 Å². The Morgan fingerprint density at radius 2 is 1.52 bits per heavy atom. The molecule has 0 aromatic heterocycles. The molecular weight excluding hydrogens is 308 g/mol. The first kappa shape index (κ1) is 16.0. The number of nitrogens with zero attached hydrogens (tertiary/aromatic N) is 2. The van der Waals surface area contributed by atoms with E-state index in [9.17, 15) is 0 Å². The SMILES string of the molecule is CC(C)N1NNC2=C1c1ccccc1N(C(C)C)Cc1ccccc12. The van der Waals surface area contributed by atoms with Crippen LogP contribution in [-0.2, 0) is 6.54 Å². The first-order chi connectivity index (χ1) is 12.1. The summed E-state index contributed by atoms with van der Waals surface area (Å²) in [6.07, 6.45) is 0. The van der Waals surface area contributed by atoms with E-state index in [1.807, 2.05) is 0 Å². The van der Waals surface area contributed by atoms with Gasteiger partial charge < -0.3 is 10.3 Å². The number of fused-ring (bicyclic) bond motifs is 4. The molecule has 2 N–H and O–H groups in total. The highest BCUT2D eigenvalue weighted by Gasteiger charge is 2.32. The van der Waals surface area contributed by atoms with Gasteiger partial charge in [-0.05, 0) is 39.3 Å². The van der Waals surface area contributed by atoms with Crippen LogP contribution in [0.25, 0.3) is 11.4 Å². The molecule has 0 radical (unpaired) electrons. The molecule has 0 saturated heterocycles. The Bertz CT molecular complexity index is 822. The van der Waals surface area contributed by atoms with E-state index in [0.717, 1.165) is 6.54 Å². The smallest absolute Gasteiger partial charge is 0.0885 e. The second-order valence-corrected chi connectivity index (χ2v) is 7.32. The summed E-state index contributed by atoms with van der Waals surface area (Å²) in [7, 11) is 0. The Hall–Kier alpha value is -2.46. The van der Waals surface area contributed by atoms with E-state index in [4.69, 9.17) is 0 Å². The van der Waals surface area contributed by atoms with Gasteiger partial charge in [0.25, 0.3) is 0 Å². The highest BCUT2D eigenvalue weighted by Crippen LogP contribution is 2.40. The lowest BCUT2D eigenvalue weighted by Gasteiger charge is -2.35. The van der Waals surface area contributed by atoms with Crippen molar-refractivity contribution in [1.82, 2.24) is 16.0 Å². The summed E-state index contributed by atoms with van der Waals surface area (Å²) < 4.78 is 0. The first-order valence-corrected chi connectivity index (χ1v) is 9.07. The minimum absolute atomic E-state index is 0.340. The van der Waals surface area contributed by atoms with E-state index < -0.39 is 0 Å².